The maximum absolute atomic E-state index is 5.66. The largest absolute Gasteiger partial charge is 0.489 e. The fourth-order valence-corrected chi connectivity index (χ4v) is 2.32. The summed E-state index contributed by atoms with van der Waals surface area (Å²) in [7, 11) is 0. The highest BCUT2D eigenvalue weighted by molar-refractivity contribution is 5.33. The Morgan fingerprint density at radius 2 is 1.90 bits per heavy atom. The average molecular weight is 289 g/mol. The highest BCUT2D eigenvalue weighted by Crippen LogP contribution is 2.17. The monoisotopic (exact) mass is 289 g/mol. The van der Waals surface area contributed by atoms with Crippen LogP contribution in [0.3, 0.4) is 0 Å². The Balaban J connectivity index is 2.13. The van der Waals surface area contributed by atoms with E-state index in [-0.39, 0.29) is 0 Å². The Bertz CT molecular complexity index is 387. The van der Waals surface area contributed by atoms with E-state index in [4.69, 9.17) is 4.74 Å². The van der Waals surface area contributed by atoms with E-state index in [0.717, 1.165) is 24.8 Å². The van der Waals surface area contributed by atoms with E-state index in [1.165, 1.54) is 37.7 Å². The van der Waals surface area contributed by atoms with Crippen molar-refractivity contribution < 1.29 is 4.74 Å². The summed E-state index contributed by atoms with van der Waals surface area (Å²) in [6, 6.07) is 8.21. The van der Waals surface area contributed by atoms with Gasteiger partial charge < -0.3 is 10.1 Å². The maximum Gasteiger partial charge on any atom is 0.124 e. The van der Waals surface area contributed by atoms with Crippen LogP contribution in [0.1, 0.15) is 51.5 Å². The zero-order valence-corrected chi connectivity index (χ0v) is 13.7. The number of ether oxygens (including phenoxy) is 1. The van der Waals surface area contributed by atoms with Gasteiger partial charge in [-0.05, 0) is 24.9 Å². The SMILES string of the molecule is C=CCOc1ccccc1CNCCCCCCC(C)C. The highest BCUT2D eigenvalue weighted by Gasteiger charge is 2.01. The molecule has 21 heavy (non-hydrogen) atoms. The zero-order chi connectivity index (χ0) is 15.3. The summed E-state index contributed by atoms with van der Waals surface area (Å²) in [6.45, 7) is 10.8. The molecule has 0 radical (unpaired) electrons. The van der Waals surface area contributed by atoms with Crippen molar-refractivity contribution in [2.45, 2.75) is 52.5 Å². The summed E-state index contributed by atoms with van der Waals surface area (Å²) in [6.07, 6.45) is 8.46. The molecule has 0 aliphatic carbocycles. The van der Waals surface area contributed by atoms with Gasteiger partial charge in [-0.15, -0.1) is 0 Å². The van der Waals surface area contributed by atoms with Crippen LogP contribution < -0.4 is 10.1 Å². The van der Waals surface area contributed by atoms with Crippen molar-refractivity contribution in [2.75, 3.05) is 13.2 Å². The molecule has 1 aromatic carbocycles. The summed E-state index contributed by atoms with van der Waals surface area (Å²) in [4.78, 5) is 0. The molecule has 118 valence electrons. The van der Waals surface area contributed by atoms with Crippen LogP contribution in [0, 0.1) is 5.92 Å². The second kappa shape index (κ2) is 11.4. The van der Waals surface area contributed by atoms with Crippen LogP contribution >= 0.6 is 0 Å². The molecule has 0 saturated carbocycles. The first-order chi connectivity index (χ1) is 10.2. The van der Waals surface area contributed by atoms with E-state index in [1.54, 1.807) is 6.08 Å². The molecule has 0 aromatic heterocycles. The second-order valence-electron chi connectivity index (χ2n) is 5.98. The van der Waals surface area contributed by atoms with E-state index >= 15 is 0 Å². The van der Waals surface area contributed by atoms with Crippen molar-refractivity contribution in [3.63, 3.8) is 0 Å². The minimum absolute atomic E-state index is 0.562. The normalized spacial score (nSPS) is 10.8. The van der Waals surface area contributed by atoms with Crippen molar-refractivity contribution in [3.05, 3.63) is 42.5 Å². The van der Waals surface area contributed by atoms with Gasteiger partial charge in [0.1, 0.15) is 12.4 Å². The van der Waals surface area contributed by atoms with Crippen LogP contribution in [0.4, 0.5) is 0 Å². The molecule has 0 spiro atoms. The fourth-order valence-electron chi connectivity index (χ4n) is 2.32. The predicted octanol–water partition coefficient (Wildman–Crippen LogP) is 4.95. The van der Waals surface area contributed by atoms with Crippen molar-refractivity contribution in [3.8, 4) is 5.75 Å². The summed E-state index contributed by atoms with van der Waals surface area (Å²) in [5.74, 6) is 1.80. The molecule has 2 heteroatoms. The van der Waals surface area contributed by atoms with Crippen LogP contribution in [-0.4, -0.2) is 13.2 Å². The molecule has 0 aliphatic rings. The van der Waals surface area contributed by atoms with E-state index in [9.17, 15) is 0 Å². The minimum atomic E-state index is 0.562. The predicted molar refractivity (Wildman–Crippen MR) is 91.8 cm³/mol. The summed E-state index contributed by atoms with van der Waals surface area (Å²) >= 11 is 0. The highest BCUT2D eigenvalue weighted by atomic mass is 16.5. The molecule has 0 saturated heterocycles. The zero-order valence-electron chi connectivity index (χ0n) is 13.7. The van der Waals surface area contributed by atoms with Crippen LogP contribution in [-0.2, 0) is 6.54 Å². The molecule has 0 atom stereocenters. The molecular weight excluding hydrogens is 258 g/mol. The molecule has 1 aromatic rings. The Morgan fingerprint density at radius 1 is 1.14 bits per heavy atom. The molecule has 1 rings (SSSR count). The van der Waals surface area contributed by atoms with E-state index in [2.05, 4.69) is 37.9 Å². The van der Waals surface area contributed by atoms with Crippen molar-refractivity contribution >= 4 is 0 Å². The number of hydrogen-bond donors (Lipinski definition) is 1. The van der Waals surface area contributed by atoms with Gasteiger partial charge in [-0.3, -0.25) is 0 Å². The Kier molecular flexibility index (Phi) is 9.64. The molecule has 0 heterocycles. The number of para-hydroxylation sites is 1. The molecule has 0 unspecified atom stereocenters. The van der Waals surface area contributed by atoms with Gasteiger partial charge in [-0.2, -0.15) is 0 Å². The Hall–Kier alpha value is -1.28. The first kappa shape index (κ1) is 17.8. The van der Waals surface area contributed by atoms with Gasteiger partial charge in [0.15, 0.2) is 0 Å². The number of benzene rings is 1. The Morgan fingerprint density at radius 3 is 2.67 bits per heavy atom. The molecule has 0 aliphatic heterocycles. The van der Waals surface area contributed by atoms with Gasteiger partial charge in [0.2, 0.25) is 0 Å². The lowest BCUT2D eigenvalue weighted by Gasteiger charge is -2.11. The van der Waals surface area contributed by atoms with Crippen molar-refractivity contribution in [1.29, 1.82) is 0 Å². The van der Waals surface area contributed by atoms with Gasteiger partial charge in [-0.1, -0.05) is 70.4 Å². The second-order valence-corrected chi connectivity index (χ2v) is 5.98. The number of nitrogens with one attached hydrogen (secondary N) is 1. The molecular formula is C19H31NO. The summed E-state index contributed by atoms with van der Waals surface area (Å²) < 4.78 is 5.66. The lowest BCUT2D eigenvalue weighted by Crippen LogP contribution is -2.15. The van der Waals surface area contributed by atoms with E-state index in [1.807, 2.05) is 12.1 Å². The van der Waals surface area contributed by atoms with Crippen molar-refractivity contribution in [1.82, 2.24) is 5.32 Å². The van der Waals surface area contributed by atoms with Crippen LogP contribution in [0.25, 0.3) is 0 Å². The van der Waals surface area contributed by atoms with Gasteiger partial charge in [0.05, 0.1) is 0 Å². The van der Waals surface area contributed by atoms with Crippen molar-refractivity contribution in [2.24, 2.45) is 5.92 Å². The molecule has 0 bridgehead atoms. The fraction of sp³-hybridized carbons (Fsp3) is 0.579. The van der Waals surface area contributed by atoms with Gasteiger partial charge in [0, 0.05) is 12.1 Å². The standard InChI is InChI=1S/C19H31NO/c1-4-15-21-19-13-9-8-12-18(19)16-20-14-10-6-5-7-11-17(2)3/h4,8-9,12-13,17,20H,1,5-7,10-11,14-16H2,2-3H3. The smallest absolute Gasteiger partial charge is 0.124 e. The average Bonchev–Trinajstić information content (AvgIpc) is 2.48. The number of hydrogen-bond acceptors (Lipinski definition) is 2. The third-order valence-corrected chi connectivity index (χ3v) is 3.53. The first-order valence-electron chi connectivity index (χ1n) is 8.26. The molecule has 0 amide bonds. The lowest BCUT2D eigenvalue weighted by atomic mass is 10.0. The third kappa shape index (κ3) is 8.56. The minimum Gasteiger partial charge on any atom is -0.489 e. The third-order valence-electron chi connectivity index (χ3n) is 3.53. The summed E-state index contributed by atoms with van der Waals surface area (Å²) in [5, 5.41) is 3.51. The van der Waals surface area contributed by atoms with Crippen LogP contribution in [0.5, 0.6) is 5.75 Å². The van der Waals surface area contributed by atoms with E-state index < -0.39 is 0 Å². The number of rotatable bonds is 12. The van der Waals surface area contributed by atoms with Crippen LogP contribution in [0.15, 0.2) is 36.9 Å². The Labute approximate surface area is 130 Å². The first-order valence-corrected chi connectivity index (χ1v) is 8.26. The lowest BCUT2D eigenvalue weighted by molar-refractivity contribution is 0.358. The molecule has 2 nitrogen and oxygen atoms in total. The quantitative estimate of drug-likeness (QED) is 0.434. The molecule has 0 fully saturated rings. The topological polar surface area (TPSA) is 21.3 Å². The maximum atomic E-state index is 5.66. The summed E-state index contributed by atoms with van der Waals surface area (Å²) in [5.41, 5.74) is 1.22. The van der Waals surface area contributed by atoms with Gasteiger partial charge >= 0.3 is 0 Å². The van der Waals surface area contributed by atoms with E-state index in [0.29, 0.717) is 6.61 Å². The van der Waals surface area contributed by atoms with Crippen LogP contribution in [0.2, 0.25) is 0 Å². The van der Waals surface area contributed by atoms with Gasteiger partial charge in [0.25, 0.3) is 0 Å². The number of unbranched alkanes of at least 4 members (excludes halogenated alkanes) is 3. The molecule has 1 N–H and O–H groups in total. The van der Waals surface area contributed by atoms with Gasteiger partial charge in [-0.25, -0.2) is 0 Å².